The first-order chi connectivity index (χ1) is 7.04. The molecule has 1 aromatic heterocycles. The van der Waals surface area contributed by atoms with Crippen molar-refractivity contribution in [2.75, 3.05) is 12.9 Å². The second-order valence-corrected chi connectivity index (χ2v) is 4.07. The summed E-state index contributed by atoms with van der Waals surface area (Å²) in [6, 6.07) is 3.77. The van der Waals surface area contributed by atoms with Gasteiger partial charge >= 0.3 is 0 Å². The molecule has 0 aromatic carbocycles. The Morgan fingerprint density at radius 1 is 1.60 bits per heavy atom. The molecule has 84 valence electrons. The molecule has 0 N–H and O–H groups in total. The maximum absolute atomic E-state index is 11.7. The fourth-order valence-corrected chi connectivity index (χ4v) is 1.46. The molecule has 1 heterocycles. The largest absolute Gasteiger partial charge is 0.464 e. The van der Waals surface area contributed by atoms with Crippen molar-refractivity contribution in [1.82, 2.24) is 4.90 Å². The van der Waals surface area contributed by atoms with Gasteiger partial charge in [-0.3, -0.25) is 4.79 Å². The topological polar surface area (TPSA) is 33.5 Å². The smallest absolute Gasteiger partial charge is 0.226 e. The highest BCUT2D eigenvalue weighted by molar-refractivity contribution is 6.19. The molecule has 15 heavy (non-hydrogen) atoms. The van der Waals surface area contributed by atoms with Crippen molar-refractivity contribution in [2.24, 2.45) is 5.92 Å². The van der Waals surface area contributed by atoms with Crippen LogP contribution in [0.5, 0.6) is 0 Å². The van der Waals surface area contributed by atoms with Crippen LogP contribution in [-0.4, -0.2) is 23.7 Å². The maximum Gasteiger partial charge on any atom is 0.226 e. The lowest BCUT2D eigenvalue weighted by Gasteiger charge is -2.18. The van der Waals surface area contributed by atoms with E-state index in [1.165, 1.54) is 0 Å². The number of carbonyl (C=O) groups excluding carboxylic acids is 1. The molecule has 4 heteroatoms. The van der Waals surface area contributed by atoms with Crippen LogP contribution in [0.1, 0.15) is 18.4 Å². The Morgan fingerprint density at radius 3 is 2.73 bits per heavy atom. The highest BCUT2D eigenvalue weighted by Gasteiger charge is 2.17. The van der Waals surface area contributed by atoms with E-state index >= 15 is 0 Å². The van der Waals surface area contributed by atoms with E-state index in [-0.39, 0.29) is 11.8 Å². The van der Waals surface area contributed by atoms with Crippen molar-refractivity contribution < 1.29 is 9.21 Å². The predicted molar refractivity (Wildman–Crippen MR) is 59.8 cm³/mol. The van der Waals surface area contributed by atoms with Crippen molar-refractivity contribution in [3.63, 3.8) is 0 Å². The molecule has 0 aliphatic heterocycles. The molecular formula is C11H16ClNO2. The van der Waals surface area contributed by atoms with Crippen molar-refractivity contribution in [1.29, 1.82) is 0 Å². The third kappa shape index (κ3) is 3.27. The number of furan rings is 1. The van der Waals surface area contributed by atoms with Gasteiger partial charge in [0.25, 0.3) is 0 Å². The van der Waals surface area contributed by atoms with Crippen molar-refractivity contribution in [2.45, 2.75) is 20.4 Å². The molecule has 0 aliphatic carbocycles. The first kappa shape index (κ1) is 12.1. The fourth-order valence-electron chi connectivity index (χ4n) is 1.32. The lowest BCUT2D eigenvalue weighted by Crippen LogP contribution is -2.31. The van der Waals surface area contributed by atoms with Crippen LogP contribution in [0.2, 0.25) is 0 Å². The molecule has 0 bridgehead atoms. The van der Waals surface area contributed by atoms with E-state index in [1.54, 1.807) is 11.9 Å². The molecule has 0 spiro atoms. The fraction of sp³-hybridized carbons (Fsp3) is 0.545. The number of nitrogens with zero attached hydrogens (tertiary/aromatic N) is 1. The first-order valence-electron chi connectivity index (χ1n) is 4.91. The van der Waals surface area contributed by atoms with Gasteiger partial charge in [0.15, 0.2) is 0 Å². The number of alkyl halides is 1. The highest BCUT2D eigenvalue weighted by atomic mass is 35.5. The summed E-state index contributed by atoms with van der Waals surface area (Å²) >= 11 is 5.63. The summed E-state index contributed by atoms with van der Waals surface area (Å²) in [4.78, 5) is 13.3. The molecule has 0 saturated carbocycles. The molecule has 0 fully saturated rings. The van der Waals surface area contributed by atoms with E-state index in [4.69, 9.17) is 16.0 Å². The van der Waals surface area contributed by atoms with E-state index in [0.717, 1.165) is 11.5 Å². The third-order valence-electron chi connectivity index (χ3n) is 2.22. The quantitative estimate of drug-likeness (QED) is 0.743. The molecule has 1 unspecified atom stereocenters. The normalized spacial score (nSPS) is 12.5. The van der Waals surface area contributed by atoms with Crippen LogP contribution >= 0.6 is 11.6 Å². The summed E-state index contributed by atoms with van der Waals surface area (Å²) in [5.74, 6) is 1.90. The van der Waals surface area contributed by atoms with Crippen LogP contribution in [0.3, 0.4) is 0 Å². The van der Waals surface area contributed by atoms with Crippen LogP contribution in [0.25, 0.3) is 0 Å². The molecule has 1 aromatic rings. The first-order valence-corrected chi connectivity index (χ1v) is 5.44. The molecule has 0 aliphatic rings. The molecule has 1 amide bonds. The monoisotopic (exact) mass is 229 g/mol. The second kappa shape index (κ2) is 5.21. The number of hydrogen-bond acceptors (Lipinski definition) is 2. The van der Waals surface area contributed by atoms with Crippen LogP contribution < -0.4 is 0 Å². The van der Waals surface area contributed by atoms with E-state index in [9.17, 15) is 4.79 Å². The average molecular weight is 230 g/mol. The van der Waals surface area contributed by atoms with E-state index in [2.05, 4.69) is 0 Å². The Balaban J connectivity index is 2.55. The van der Waals surface area contributed by atoms with Crippen molar-refractivity contribution in [3.8, 4) is 0 Å². The lowest BCUT2D eigenvalue weighted by molar-refractivity contribution is -0.133. The number of rotatable bonds is 4. The number of aryl methyl sites for hydroxylation is 1. The standard InChI is InChI=1S/C11H16ClNO2/c1-8(6-12)11(14)13(3)7-10-5-4-9(2)15-10/h4-5,8H,6-7H2,1-3H3. The Morgan fingerprint density at radius 2 is 2.27 bits per heavy atom. The van der Waals surface area contributed by atoms with Gasteiger partial charge in [-0.15, -0.1) is 11.6 Å². The minimum Gasteiger partial charge on any atom is -0.464 e. The summed E-state index contributed by atoms with van der Waals surface area (Å²) in [5.41, 5.74) is 0. The Hall–Kier alpha value is -0.960. The number of carbonyl (C=O) groups is 1. The summed E-state index contributed by atoms with van der Waals surface area (Å²) in [6.45, 7) is 4.19. The van der Waals surface area contributed by atoms with E-state index in [1.807, 2.05) is 26.0 Å². The minimum atomic E-state index is -0.146. The van der Waals surface area contributed by atoms with Gasteiger partial charge < -0.3 is 9.32 Å². The van der Waals surface area contributed by atoms with Gasteiger partial charge in [-0.25, -0.2) is 0 Å². The van der Waals surface area contributed by atoms with Gasteiger partial charge in [0.1, 0.15) is 11.5 Å². The zero-order valence-electron chi connectivity index (χ0n) is 9.29. The number of halogens is 1. The van der Waals surface area contributed by atoms with E-state index in [0.29, 0.717) is 12.4 Å². The SMILES string of the molecule is Cc1ccc(CN(C)C(=O)C(C)CCl)o1. The van der Waals surface area contributed by atoms with Crippen LogP contribution in [0.15, 0.2) is 16.5 Å². The zero-order valence-corrected chi connectivity index (χ0v) is 10.0. The molecule has 1 atom stereocenters. The van der Waals surface area contributed by atoms with Crippen LogP contribution in [0.4, 0.5) is 0 Å². The highest BCUT2D eigenvalue weighted by Crippen LogP contribution is 2.11. The predicted octanol–water partition coefficient (Wildman–Crippen LogP) is 2.42. The third-order valence-corrected chi connectivity index (χ3v) is 2.68. The van der Waals surface area contributed by atoms with Gasteiger partial charge in [0.05, 0.1) is 6.54 Å². The Bertz CT molecular complexity index is 335. The van der Waals surface area contributed by atoms with E-state index < -0.39 is 0 Å². The average Bonchev–Trinajstić information content (AvgIpc) is 2.61. The Labute approximate surface area is 95.0 Å². The van der Waals surface area contributed by atoms with Gasteiger partial charge in [-0.2, -0.15) is 0 Å². The molecule has 1 rings (SSSR count). The molecule has 3 nitrogen and oxygen atoms in total. The number of hydrogen-bond donors (Lipinski definition) is 0. The van der Waals surface area contributed by atoms with Crippen molar-refractivity contribution in [3.05, 3.63) is 23.7 Å². The summed E-state index contributed by atoms with van der Waals surface area (Å²) in [6.07, 6.45) is 0. The number of amides is 1. The second-order valence-electron chi connectivity index (χ2n) is 3.76. The zero-order chi connectivity index (χ0) is 11.4. The molecule has 0 radical (unpaired) electrons. The van der Waals surface area contributed by atoms with Gasteiger partial charge in [0.2, 0.25) is 5.91 Å². The van der Waals surface area contributed by atoms with Gasteiger partial charge in [-0.05, 0) is 19.1 Å². The van der Waals surface area contributed by atoms with Crippen LogP contribution in [-0.2, 0) is 11.3 Å². The van der Waals surface area contributed by atoms with Gasteiger partial charge in [-0.1, -0.05) is 6.92 Å². The molecule has 0 saturated heterocycles. The van der Waals surface area contributed by atoms with Crippen LogP contribution in [0, 0.1) is 12.8 Å². The summed E-state index contributed by atoms with van der Waals surface area (Å²) < 4.78 is 5.39. The van der Waals surface area contributed by atoms with Crippen molar-refractivity contribution >= 4 is 17.5 Å². The summed E-state index contributed by atoms with van der Waals surface area (Å²) in [5, 5.41) is 0. The molecular weight excluding hydrogens is 214 g/mol. The maximum atomic E-state index is 11.7. The minimum absolute atomic E-state index is 0.0408. The Kier molecular flexibility index (Phi) is 4.21. The lowest BCUT2D eigenvalue weighted by atomic mass is 10.2. The summed E-state index contributed by atoms with van der Waals surface area (Å²) in [7, 11) is 1.75. The van der Waals surface area contributed by atoms with Gasteiger partial charge in [0, 0.05) is 18.8 Å².